The minimum atomic E-state index is -0.511. The topological polar surface area (TPSA) is 130 Å². The van der Waals surface area contributed by atoms with E-state index in [1.54, 1.807) is 25.1 Å². The second kappa shape index (κ2) is 10.2. The number of aryl methyl sites for hydroxylation is 1. The van der Waals surface area contributed by atoms with Crippen molar-refractivity contribution in [3.05, 3.63) is 63.8 Å². The second-order valence-electron chi connectivity index (χ2n) is 7.69. The van der Waals surface area contributed by atoms with Crippen LogP contribution in [0.25, 0.3) is 6.08 Å². The molecule has 0 aromatic carbocycles. The maximum absolute atomic E-state index is 12.3. The Balaban J connectivity index is 1.31. The van der Waals surface area contributed by atoms with Crippen LogP contribution in [0.1, 0.15) is 39.4 Å². The minimum absolute atomic E-state index is 0.146. The van der Waals surface area contributed by atoms with Crippen molar-refractivity contribution in [1.82, 2.24) is 10.5 Å². The summed E-state index contributed by atoms with van der Waals surface area (Å²) in [5, 5.41) is 19.5. The van der Waals surface area contributed by atoms with Gasteiger partial charge in [-0.05, 0) is 49.8 Å². The number of fused-ring (bicyclic) bond motifs is 1. The highest BCUT2D eigenvalue weighted by Crippen LogP contribution is 2.39. The molecule has 9 nitrogen and oxygen atoms in total. The molecule has 1 atom stereocenters. The first-order chi connectivity index (χ1) is 16.0. The molecular formula is C23H22N4O5S. The van der Waals surface area contributed by atoms with Gasteiger partial charge in [0.2, 0.25) is 5.91 Å². The van der Waals surface area contributed by atoms with Gasteiger partial charge in [-0.2, -0.15) is 5.26 Å². The van der Waals surface area contributed by atoms with Gasteiger partial charge in [0.05, 0.1) is 31.2 Å². The number of amides is 2. The van der Waals surface area contributed by atoms with Crippen LogP contribution in [-0.2, 0) is 28.9 Å². The molecule has 1 unspecified atom stereocenters. The predicted molar refractivity (Wildman–Crippen MR) is 120 cm³/mol. The zero-order valence-corrected chi connectivity index (χ0v) is 18.7. The summed E-state index contributed by atoms with van der Waals surface area (Å²) in [6.07, 6.45) is 7.77. The van der Waals surface area contributed by atoms with Crippen LogP contribution in [0.3, 0.4) is 0 Å². The monoisotopic (exact) mass is 466 g/mol. The highest BCUT2D eigenvalue weighted by molar-refractivity contribution is 7.16. The molecule has 10 heteroatoms. The molecule has 4 rings (SSSR count). The zero-order valence-electron chi connectivity index (χ0n) is 17.9. The summed E-state index contributed by atoms with van der Waals surface area (Å²) in [6.45, 7) is 2.29. The van der Waals surface area contributed by atoms with Crippen LogP contribution in [0.5, 0.6) is 0 Å². The molecule has 0 aliphatic heterocycles. The molecule has 2 N–H and O–H groups in total. The van der Waals surface area contributed by atoms with Gasteiger partial charge in [-0.1, -0.05) is 5.16 Å². The molecule has 1 aliphatic carbocycles. The van der Waals surface area contributed by atoms with Crippen LogP contribution < -0.4 is 10.6 Å². The Morgan fingerprint density at radius 3 is 3.06 bits per heavy atom. The van der Waals surface area contributed by atoms with Gasteiger partial charge in [0.15, 0.2) is 0 Å². The number of aromatic nitrogens is 1. The van der Waals surface area contributed by atoms with E-state index < -0.39 is 6.09 Å². The van der Waals surface area contributed by atoms with E-state index in [1.807, 2.05) is 0 Å². The fourth-order valence-corrected chi connectivity index (χ4v) is 4.92. The average Bonchev–Trinajstić information content (AvgIpc) is 3.54. The van der Waals surface area contributed by atoms with Crippen LogP contribution >= 0.6 is 11.3 Å². The number of ether oxygens (including phenoxy) is 1. The minimum Gasteiger partial charge on any atom is -0.472 e. The number of hydrogen-bond donors (Lipinski definition) is 2. The van der Waals surface area contributed by atoms with Crippen LogP contribution in [0.15, 0.2) is 39.7 Å². The number of carbonyl (C=O) groups excluding carboxylic acids is 2. The molecule has 33 heavy (non-hydrogen) atoms. The quantitative estimate of drug-likeness (QED) is 0.499. The summed E-state index contributed by atoms with van der Waals surface area (Å²) in [7, 11) is 0. The molecule has 1 aliphatic rings. The number of nitrogens with zero attached hydrogens (tertiary/aromatic N) is 2. The number of hydrogen-bond acceptors (Lipinski definition) is 8. The van der Waals surface area contributed by atoms with E-state index in [-0.39, 0.29) is 25.0 Å². The third-order valence-corrected chi connectivity index (χ3v) is 6.40. The summed E-state index contributed by atoms with van der Waals surface area (Å²) in [4.78, 5) is 25.3. The first-order valence-corrected chi connectivity index (χ1v) is 11.2. The Hall–Kier alpha value is -3.84. The molecule has 3 aromatic rings. The van der Waals surface area contributed by atoms with Crippen molar-refractivity contribution in [3.63, 3.8) is 0 Å². The van der Waals surface area contributed by atoms with Crippen molar-refractivity contribution in [2.45, 2.75) is 32.7 Å². The lowest BCUT2D eigenvalue weighted by molar-refractivity contribution is -0.111. The standard InChI is InChI=1S/C23H22N4O5S/c1-14-8-17(27-32-14)11-25-23(29)31-13-16-2-4-18-19(10-24)22(33-20(18)9-16)26-21(28)5-3-15-6-7-30-12-15/h3,5-8,12,16H,2,4,9,11,13H2,1H3,(H,25,29)(H,26,28). The Morgan fingerprint density at radius 1 is 1.45 bits per heavy atom. The fraction of sp³-hybridized carbons (Fsp3) is 0.304. The van der Waals surface area contributed by atoms with Crippen molar-refractivity contribution in [2.24, 2.45) is 5.92 Å². The van der Waals surface area contributed by atoms with Crippen molar-refractivity contribution < 1.29 is 23.3 Å². The van der Waals surface area contributed by atoms with E-state index in [0.29, 0.717) is 34.9 Å². The predicted octanol–water partition coefficient (Wildman–Crippen LogP) is 4.19. The Labute approximate surface area is 194 Å². The molecule has 170 valence electrons. The Bertz CT molecular complexity index is 1200. The van der Waals surface area contributed by atoms with Crippen molar-refractivity contribution >= 4 is 34.4 Å². The van der Waals surface area contributed by atoms with Crippen molar-refractivity contribution in [3.8, 4) is 6.07 Å². The van der Waals surface area contributed by atoms with E-state index >= 15 is 0 Å². The van der Waals surface area contributed by atoms with Gasteiger partial charge in [0.1, 0.15) is 22.5 Å². The molecule has 0 saturated heterocycles. The molecule has 0 spiro atoms. The average molecular weight is 467 g/mol. The number of rotatable bonds is 7. The summed E-state index contributed by atoms with van der Waals surface area (Å²) < 4.78 is 15.3. The first-order valence-electron chi connectivity index (χ1n) is 10.4. The number of anilines is 1. The highest BCUT2D eigenvalue weighted by Gasteiger charge is 2.27. The van der Waals surface area contributed by atoms with Crippen molar-refractivity contribution in [2.75, 3.05) is 11.9 Å². The van der Waals surface area contributed by atoms with Gasteiger partial charge < -0.3 is 24.3 Å². The van der Waals surface area contributed by atoms with E-state index in [9.17, 15) is 14.9 Å². The van der Waals surface area contributed by atoms with E-state index in [0.717, 1.165) is 22.4 Å². The molecule has 0 radical (unpaired) electrons. The van der Waals surface area contributed by atoms with Gasteiger partial charge in [0.25, 0.3) is 0 Å². The van der Waals surface area contributed by atoms with E-state index in [4.69, 9.17) is 13.7 Å². The largest absolute Gasteiger partial charge is 0.472 e. The highest BCUT2D eigenvalue weighted by atomic mass is 32.1. The number of alkyl carbamates (subject to hydrolysis) is 1. The molecule has 0 bridgehead atoms. The molecule has 0 saturated carbocycles. The summed E-state index contributed by atoms with van der Waals surface area (Å²) >= 11 is 1.40. The number of carbonyl (C=O) groups is 2. The number of nitrogens with one attached hydrogen (secondary N) is 2. The van der Waals surface area contributed by atoms with Gasteiger partial charge in [-0.25, -0.2) is 4.79 Å². The van der Waals surface area contributed by atoms with Crippen LogP contribution in [0.4, 0.5) is 9.80 Å². The van der Waals surface area contributed by atoms with E-state index in [2.05, 4.69) is 21.9 Å². The molecular weight excluding hydrogens is 444 g/mol. The molecule has 2 amide bonds. The summed E-state index contributed by atoms with van der Waals surface area (Å²) in [6, 6.07) is 5.71. The second-order valence-corrected chi connectivity index (χ2v) is 8.79. The van der Waals surface area contributed by atoms with Gasteiger partial charge in [-0.15, -0.1) is 11.3 Å². The lowest BCUT2D eigenvalue weighted by Gasteiger charge is -2.21. The maximum atomic E-state index is 12.3. The van der Waals surface area contributed by atoms with Crippen LogP contribution in [0, 0.1) is 24.2 Å². The lowest BCUT2D eigenvalue weighted by Crippen LogP contribution is -2.27. The molecule has 0 fully saturated rings. The maximum Gasteiger partial charge on any atom is 0.407 e. The Morgan fingerprint density at radius 2 is 2.33 bits per heavy atom. The lowest BCUT2D eigenvalue weighted by atomic mass is 9.88. The SMILES string of the molecule is Cc1cc(CNC(=O)OCC2CCc3c(sc(NC(=O)C=Cc4ccoc4)c3C#N)C2)no1. The number of furan rings is 1. The van der Waals surface area contributed by atoms with Gasteiger partial charge in [-0.3, -0.25) is 4.79 Å². The summed E-state index contributed by atoms with van der Waals surface area (Å²) in [5.41, 5.74) is 2.89. The smallest absolute Gasteiger partial charge is 0.407 e. The third kappa shape index (κ3) is 5.70. The number of thiophene rings is 1. The van der Waals surface area contributed by atoms with Crippen LogP contribution in [0.2, 0.25) is 0 Å². The van der Waals surface area contributed by atoms with E-state index in [1.165, 1.54) is 29.9 Å². The van der Waals surface area contributed by atoms with Gasteiger partial charge in [0, 0.05) is 22.6 Å². The normalized spacial score (nSPS) is 15.1. The van der Waals surface area contributed by atoms with Crippen molar-refractivity contribution in [1.29, 1.82) is 5.26 Å². The first kappa shape index (κ1) is 22.4. The zero-order chi connectivity index (χ0) is 23.2. The van der Waals surface area contributed by atoms with Gasteiger partial charge >= 0.3 is 6.09 Å². The Kier molecular flexibility index (Phi) is 6.90. The fourth-order valence-electron chi connectivity index (χ4n) is 3.61. The van der Waals surface area contributed by atoms with Crippen LogP contribution in [-0.4, -0.2) is 23.8 Å². The molecule has 3 heterocycles. The molecule has 3 aromatic heterocycles. The third-order valence-electron chi connectivity index (χ3n) is 5.23. The summed E-state index contributed by atoms with van der Waals surface area (Å²) in [5.74, 6) is 0.507. The number of nitriles is 1.